The van der Waals surface area contributed by atoms with Crippen LogP contribution in [0.1, 0.15) is 5.56 Å². The molecule has 0 saturated heterocycles. The number of nitrogens with zero attached hydrogens (tertiary/aromatic N) is 2. The predicted octanol–water partition coefficient (Wildman–Crippen LogP) is 4.58. The number of hydrogen-bond donors (Lipinski definition) is 1. The maximum Gasteiger partial charge on any atom is 0.268 e. The third kappa shape index (κ3) is 2.91. The van der Waals surface area contributed by atoms with E-state index in [2.05, 4.69) is 4.98 Å². The van der Waals surface area contributed by atoms with E-state index in [1.807, 2.05) is 79.7 Å². The second-order valence-corrected chi connectivity index (χ2v) is 6.26. The van der Waals surface area contributed by atoms with Gasteiger partial charge in [-0.3, -0.25) is 9.36 Å². The van der Waals surface area contributed by atoms with Crippen molar-refractivity contribution in [1.29, 1.82) is 0 Å². The van der Waals surface area contributed by atoms with Crippen molar-refractivity contribution in [1.82, 2.24) is 9.55 Å². The standard InChI is InChI=1S/C23H18N2O2/c1-16-21(18-12-6-3-7-13-18)25(19-14-8-9-15-24-19)23(27)20(22(16)26)17-10-4-2-5-11-17/h2-15,26H,1H3. The molecular weight excluding hydrogens is 336 g/mol. The number of aromatic nitrogens is 2. The molecule has 0 unspecified atom stereocenters. The average molecular weight is 354 g/mol. The number of rotatable bonds is 3. The van der Waals surface area contributed by atoms with Crippen LogP contribution < -0.4 is 5.56 Å². The molecule has 0 saturated carbocycles. The van der Waals surface area contributed by atoms with Gasteiger partial charge in [0.2, 0.25) is 0 Å². The van der Waals surface area contributed by atoms with E-state index in [4.69, 9.17) is 0 Å². The lowest BCUT2D eigenvalue weighted by Gasteiger charge is -2.19. The van der Waals surface area contributed by atoms with Crippen LogP contribution in [-0.4, -0.2) is 14.7 Å². The van der Waals surface area contributed by atoms with E-state index < -0.39 is 0 Å². The highest BCUT2D eigenvalue weighted by Crippen LogP contribution is 2.35. The quantitative estimate of drug-likeness (QED) is 0.586. The first-order chi connectivity index (χ1) is 13.2. The van der Waals surface area contributed by atoms with Gasteiger partial charge in [-0.1, -0.05) is 66.7 Å². The Morgan fingerprint density at radius 3 is 2.00 bits per heavy atom. The van der Waals surface area contributed by atoms with E-state index in [1.54, 1.807) is 16.8 Å². The average Bonchev–Trinajstić information content (AvgIpc) is 2.73. The van der Waals surface area contributed by atoms with Crippen LogP contribution in [0.4, 0.5) is 0 Å². The number of benzene rings is 2. The zero-order chi connectivity index (χ0) is 18.8. The Morgan fingerprint density at radius 1 is 0.815 bits per heavy atom. The van der Waals surface area contributed by atoms with E-state index >= 15 is 0 Å². The molecule has 2 heterocycles. The summed E-state index contributed by atoms with van der Waals surface area (Å²) in [5.74, 6) is 0.513. The van der Waals surface area contributed by atoms with Gasteiger partial charge in [0, 0.05) is 11.8 Å². The molecule has 0 radical (unpaired) electrons. The molecule has 132 valence electrons. The van der Waals surface area contributed by atoms with Crippen LogP contribution in [0.2, 0.25) is 0 Å². The number of hydrogen-bond acceptors (Lipinski definition) is 3. The highest BCUT2D eigenvalue weighted by atomic mass is 16.3. The predicted molar refractivity (Wildman–Crippen MR) is 107 cm³/mol. The third-order valence-corrected chi connectivity index (χ3v) is 4.58. The van der Waals surface area contributed by atoms with Crippen molar-refractivity contribution in [2.75, 3.05) is 0 Å². The summed E-state index contributed by atoms with van der Waals surface area (Å²) in [5.41, 5.74) is 2.75. The maximum absolute atomic E-state index is 13.5. The highest BCUT2D eigenvalue weighted by molar-refractivity contribution is 5.78. The summed E-state index contributed by atoms with van der Waals surface area (Å²) in [5, 5.41) is 10.9. The maximum atomic E-state index is 13.5. The normalized spacial score (nSPS) is 10.7. The Kier molecular flexibility index (Phi) is 4.30. The molecule has 1 N–H and O–H groups in total. The largest absolute Gasteiger partial charge is 0.507 e. The topological polar surface area (TPSA) is 55.1 Å². The molecule has 0 bridgehead atoms. The summed E-state index contributed by atoms with van der Waals surface area (Å²) >= 11 is 0. The van der Waals surface area contributed by atoms with Gasteiger partial charge in [0.25, 0.3) is 5.56 Å². The summed E-state index contributed by atoms with van der Waals surface area (Å²) in [6, 6.07) is 24.2. The van der Waals surface area contributed by atoms with Gasteiger partial charge in [-0.05, 0) is 30.2 Å². The van der Waals surface area contributed by atoms with Gasteiger partial charge in [0.15, 0.2) is 0 Å². The first-order valence-electron chi connectivity index (χ1n) is 8.69. The van der Waals surface area contributed by atoms with Crippen LogP contribution in [0.3, 0.4) is 0 Å². The van der Waals surface area contributed by atoms with Crippen LogP contribution in [0.5, 0.6) is 5.75 Å². The second kappa shape index (κ2) is 6.92. The Morgan fingerprint density at radius 2 is 1.41 bits per heavy atom. The Balaban J connectivity index is 2.14. The molecular formula is C23H18N2O2. The summed E-state index contributed by atoms with van der Waals surface area (Å²) in [6.45, 7) is 1.82. The van der Waals surface area contributed by atoms with Crippen LogP contribution in [-0.2, 0) is 0 Å². The molecule has 27 heavy (non-hydrogen) atoms. The van der Waals surface area contributed by atoms with Crippen LogP contribution in [0.25, 0.3) is 28.2 Å². The van der Waals surface area contributed by atoms with Crippen molar-refractivity contribution < 1.29 is 5.11 Å². The van der Waals surface area contributed by atoms with E-state index in [9.17, 15) is 9.90 Å². The smallest absolute Gasteiger partial charge is 0.268 e. The fraction of sp³-hybridized carbons (Fsp3) is 0.0435. The summed E-state index contributed by atoms with van der Waals surface area (Å²) in [7, 11) is 0. The van der Waals surface area contributed by atoms with Crippen LogP contribution >= 0.6 is 0 Å². The zero-order valence-electron chi connectivity index (χ0n) is 14.8. The summed E-state index contributed by atoms with van der Waals surface area (Å²) in [4.78, 5) is 17.9. The van der Waals surface area contributed by atoms with Crippen molar-refractivity contribution in [2.24, 2.45) is 0 Å². The highest BCUT2D eigenvalue weighted by Gasteiger charge is 2.22. The zero-order valence-corrected chi connectivity index (χ0v) is 14.8. The monoisotopic (exact) mass is 354 g/mol. The van der Waals surface area contributed by atoms with Gasteiger partial charge < -0.3 is 5.11 Å². The molecule has 4 nitrogen and oxygen atoms in total. The van der Waals surface area contributed by atoms with Crippen molar-refractivity contribution in [3.63, 3.8) is 0 Å². The molecule has 0 aliphatic heterocycles. The lowest BCUT2D eigenvalue weighted by Crippen LogP contribution is -2.24. The Labute approximate surface area is 157 Å². The minimum absolute atomic E-state index is 0.00256. The van der Waals surface area contributed by atoms with Gasteiger partial charge in [0.05, 0.1) is 11.3 Å². The van der Waals surface area contributed by atoms with Crippen LogP contribution in [0.15, 0.2) is 89.9 Å². The Hall–Kier alpha value is -3.66. The van der Waals surface area contributed by atoms with E-state index in [1.165, 1.54) is 0 Å². The first kappa shape index (κ1) is 16.8. The molecule has 4 aromatic rings. The fourth-order valence-electron chi connectivity index (χ4n) is 3.29. The van der Waals surface area contributed by atoms with Gasteiger partial charge in [0.1, 0.15) is 11.6 Å². The molecule has 2 aromatic heterocycles. The lowest BCUT2D eigenvalue weighted by molar-refractivity contribution is 0.471. The van der Waals surface area contributed by atoms with Crippen molar-refractivity contribution in [3.8, 4) is 34.0 Å². The SMILES string of the molecule is Cc1c(O)c(-c2ccccc2)c(=O)n(-c2ccccn2)c1-c1ccccc1. The minimum atomic E-state index is -0.304. The second-order valence-electron chi connectivity index (χ2n) is 6.26. The molecule has 0 aliphatic rings. The summed E-state index contributed by atoms with van der Waals surface area (Å²) < 4.78 is 1.58. The van der Waals surface area contributed by atoms with Gasteiger partial charge in [-0.2, -0.15) is 0 Å². The van der Waals surface area contributed by atoms with E-state index in [0.717, 1.165) is 5.56 Å². The van der Waals surface area contributed by atoms with Crippen molar-refractivity contribution in [3.05, 3.63) is 101 Å². The third-order valence-electron chi connectivity index (χ3n) is 4.58. The summed E-state index contributed by atoms with van der Waals surface area (Å²) in [6.07, 6.45) is 1.65. The van der Waals surface area contributed by atoms with E-state index in [-0.39, 0.29) is 16.9 Å². The molecule has 4 heteroatoms. The molecule has 4 rings (SSSR count). The Bertz CT molecular complexity index is 1140. The molecule has 0 atom stereocenters. The molecule has 0 aliphatic carbocycles. The lowest BCUT2D eigenvalue weighted by atomic mass is 9.99. The van der Waals surface area contributed by atoms with Gasteiger partial charge in [-0.25, -0.2) is 4.98 Å². The van der Waals surface area contributed by atoms with Crippen LogP contribution in [0, 0.1) is 6.92 Å². The minimum Gasteiger partial charge on any atom is -0.507 e. The molecule has 0 spiro atoms. The van der Waals surface area contributed by atoms with E-state index in [0.29, 0.717) is 22.6 Å². The van der Waals surface area contributed by atoms with Crippen molar-refractivity contribution in [2.45, 2.75) is 6.92 Å². The molecule has 2 aromatic carbocycles. The number of pyridine rings is 2. The van der Waals surface area contributed by atoms with Gasteiger partial charge in [-0.15, -0.1) is 0 Å². The molecule has 0 amide bonds. The molecule has 0 fully saturated rings. The van der Waals surface area contributed by atoms with Crippen molar-refractivity contribution >= 4 is 0 Å². The first-order valence-corrected chi connectivity index (χ1v) is 8.69. The number of aromatic hydroxyl groups is 1. The fourth-order valence-corrected chi connectivity index (χ4v) is 3.29. The van der Waals surface area contributed by atoms with Gasteiger partial charge >= 0.3 is 0 Å².